The van der Waals surface area contributed by atoms with Gasteiger partial charge in [0.15, 0.2) is 18.5 Å². The van der Waals surface area contributed by atoms with Gasteiger partial charge in [0.1, 0.15) is 12.2 Å². The second-order valence-electron chi connectivity index (χ2n) is 3.37. The van der Waals surface area contributed by atoms with Crippen molar-refractivity contribution in [3.05, 3.63) is 0 Å². The van der Waals surface area contributed by atoms with Crippen LogP contribution in [0.2, 0.25) is 0 Å². The Morgan fingerprint density at radius 3 is 1.86 bits per heavy atom. The molecule has 0 heterocycles. The van der Waals surface area contributed by atoms with Crippen molar-refractivity contribution in [2.24, 2.45) is 0 Å². The smallest absolute Gasteiger partial charge is 0.417 e. The molecule has 0 aromatic carbocycles. The van der Waals surface area contributed by atoms with Crippen LogP contribution in [0.15, 0.2) is 0 Å². The van der Waals surface area contributed by atoms with Crippen LogP contribution in [-0.2, 0) is 38.2 Å². The highest BCUT2D eigenvalue weighted by Crippen LogP contribution is 2.12. The van der Waals surface area contributed by atoms with Gasteiger partial charge in [-0.1, -0.05) is 0 Å². The quantitative estimate of drug-likeness (QED) is 0.196. The molecule has 0 saturated carbocycles. The Kier molecular flexibility index (Phi) is 6.77. The average molecular weight is 354 g/mol. The van der Waals surface area contributed by atoms with Crippen molar-refractivity contribution in [1.29, 1.82) is 0 Å². The third kappa shape index (κ3) is 6.87. The number of aliphatic hydroxyl groups excluding tert-OH is 3. The van der Waals surface area contributed by atoms with Gasteiger partial charge in [-0.15, -0.1) is 3.63 Å². The van der Waals surface area contributed by atoms with Gasteiger partial charge in [0.2, 0.25) is 0 Å². The molecule has 0 spiro atoms. The average Bonchev–Trinajstić information content (AvgIpc) is 2.30. The third-order valence-corrected chi connectivity index (χ3v) is 3.61. The molecule has 0 fully saturated rings. The number of carbonyl (C=O) groups excluding carboxylic acids is 1. The standard InChI is InChI=1S/C6H10O13S2/c7-1-2(3(8)4(9)5(10)6(11)12)18-21(16,17)19-20(13,14)15/h1-5,8-10H,(H,11,12)(H,13,14,15)/t2-,3+,4-,5+/m1/s1. The molecule has 124 valence electrons. The zero-order valence-corrected chi connectivity index (χ0v) is 11.3. The van der Waals surface area contributed by atoms with Crippen molar-refractivity contribution < 1.29 is 59.2 Å². The fourth-order valence-corrected chi connectivity index (χ4v) is 2.35. The largest absolute Gasteiger partial charge is 0.479 e. The predicted octanol–water partition coefficient (Wildman–Crippen LogP) is -4.20. The Hall–Kier alpha value is -1.20. The highest BCUT2D eigenvalue weighted by molar-refractivity contribution is 7.94. The zero-order chi connectivity index (χ0) is 17.0. The molecule has 0 rings (SSSR count). The van der Waals surface area contributed by atoms with E-state index in [1.165, 1.54) is 0 Å². The minimum atomic E-state index is -5.54. The summed E-state index contributed by atoms with van der Waals surface area (Å²) in [5.74, 6) is -2.01. The topological polar surface area (TPSA) is 222 Å². The number of carbonyl (C=O) groups is 2. The van der Waals surface area contributed by atoms with E-state index < -0.39 is 57.5 Å². The maximum atomic E-state index is 10.9. The summed E-state index contributed by atoms with van der Waals surface area (Å²) in [5.41, 5.74) is 0. The summed E-state index contributed by atoms with van der Waals surface area (Å²) in [5, 5.41) is 35.7. The first kappa shape index (κ1) is 19.8. The lowest BCUT2D eigenvalue weighted by Crippen LogP contribution is -2.49. The predicted molar refractivity (Wildman–Crippen MR) is 58.1 cm³/mol. The molecule has 0 aromatic heterocycles. The van der Waals surface area contributed by atoms with Crippen LogP contribution in [0.1, 0.15) is 0 Å². The van der Waals surface area contributed by atoms with E-state index in [2.05, 4.69) is 7.81 Å². The van der Waals surface area contributed by atoms with E-state index in [1.807, 2.05) is 0 Å². The summed E-state index contributed by atoms with van der Waals surface area (Å²) >= 11 is 0. The minimum Gasteiger partial charge on any atom is -0.479 e. The molecule has 4 atom stereocenters. The molecule has 21 heavy (non-hydrogen) atoms. The zero-order valence-electron chi connectivity index (χ0n) is 9.71. The van der Waals surface area contributed by atoms with Gasteiger partial charge < -0.3 is 25.2 Å². The van der Waals surface area contributed by atoms with Gasteiger partial charge in [-0.05, 0) is 0 Å². The molecule has 5 N–H and O–H groups in total. The van der Waals surface area contributed by atoms with Crippen molar-refractivity contribution in [1.82, 2.24) is 0 Å². The van der Waals surface area contributed by atoms with Gasteiger partial charge in [0, 0.05) is 0 Å². The molecule has 0 saturated heterocycles. The van der Waals surface area contributed by atoms with Crippen LogP contribution in [0.25, 0.3) is 0 Å². The Labute approximate surface area is 117 Å². The second-order valence-corrected chi connectivity index (χ2v) is 5.77. The monoisotopic (exact) mass is 354 g/mol. The van der Waals surface area contributed by atoms with Crippen molar-refractivity contribution in [3.8, 4) is 0 Å². The van der Waals surface area contributed by atoms with Crippen LogP contribution < -0.4 is 0 Å². The molecule has 0 radical (unpaired) electrons. The molecule has 0 aromatic rings. The normalized spacial score (nSPS) is 18.5. The van der Waals surface area contributed by atoms with E-state index in [0.717, 1.165) is 0 Å². The SMILES string of the molecule is O=C[C@@H](OS(=O)(=O)OS(=O)(=O)O)[C@H](O)[C@@H](O)[C@H](O)C(=O)O. The lowest BCUT2D eigenvalue weighted by Gasteiger charge is -2.23. The van der Waals surface area contributed by atoms with Crippen LogP contribution in [0.3, 0.4) is 0 Å². The summed E-state index contributed by atoms with van der Waals surface area (Å²) in [7, 11) is -11.1. The van der Waals surface area contributed by atoms with Gasteiger partial charge in [0.25, 0.3) is 0 Å². The van der Waals surface area contributed by atoms with Crippen LogP contribution in [-0.4, -0.2) is 78.5 Å². The lowest BCUT2D eigenvalue weighted by molar-refractivity contribution is -0.162. The van der Waals surface area contributed by atoms with Crippen molar-refractivity contribution in [3.63, 3.8) is 0 Å². The molecule has 15 heteroatoms. The highest BCUT2D eigenvalue weighted by Gasteiger charge is 2.39. The van der Waals surface area contributed by atoms with E-state index in [-0.39, 0.29) is 0 Å². The summed E-state index contributed by atoms with van der Waals surface area (Å²) < 4.78 is 57.1. The summed E-state index contributed by atoms with van der Waals surface area (Å²) in [6, 6.07) is 0. The van der Waals surface area contributed by atoms with E-state index in [9.17, 15) is 31.5 Å². The maximum Gasteiger partial charge on any atom is 0.417 e. The highest BCUT2D eigenvalue weighted by atomic mass is 32.3. The minimum absolute atomic E-state index is 0.451. The Bertz CT molecular complexity index is 576. The molecule has 13 nitrogen and oxygen atoms in total. The maximum absolute atomic E-state index is 10.9. The van der Waals surface area contributed by atoms with Crippen molar-refractivity contribution in [2.75, 3.05) is 0 Å². The van der Waals surface area contributed by atoms with Gasteiger partial charge in [-0.25, -0.2) is 8.98 Å². The number of aldehydes is 1. The van der Waals surface area contributed by atoms with Gasteiger partial charge >= 0.3 is 26.8 Å². The number of carboxylic acid groups (broad SMARTS) is 1. The summed E-state index contributed by atoms with van der Waals surface area (Å²) in [6.45, 7) is 0. The lowest BCUT2D eigenvalue weighted by atomic mass is 10.0. The van der Waals surface area contributed by atoms with Crippen LogP contribution in [0, 0.1) is 0 Å². The van der Waals surface area contributed by atoms with Gasteiger partial charge in [0.05, 0.1) is 0 Å². The van der Waals surface area contributed by atoms with Crippen LogP contribution >= 0.6 is 0 Å². The Morgan fingerprint density at radius 1 is 1.05 bits per heavy atom. The first-order valence-corrected chi connectivity index (χ1v) is 7.34. The van der Waals surface area contributed by atoms with Gasteiger partial charge in [-0.2, -0.15) is 16.8 Å². The summed E-state index contributed by atoms with van der Waals surface area (Å²) in [6.07, 6.45) is -10.7. The van der Waals surface area contributed by atoms with E-state index >= 15 is 0 Å². The molecule has 0 aliphatic rings. The molecule has 0 aliphatic carbocycles. The van der Waals surface area contributed by atoms with Gasteiger partial charge in [-0.3, -0.25) is 4.55 Å². The second kappa shape index (κ2) is 7.18. The number of rotatable bonds is 9. The van der Waals surface area contributed by atoms with Crippen molar-refractivity contribution in [2.45, 2.75) is 24.4 Å². The molecule has 0 bridgehead atoms. The molecular weight excluding hydrogens is 344 g/mol. The Morgan fingerprint density at radius 2 is 1.52 bits per heavy atom. The summed E-state index contributed by atoms with van der Waals surface area (Å²) in [4.78, 5) is 20.9. The third-order valence-electron chi connectivity index (χ3n) is 1.80. The molecule has 0 unspecified atom stereocenters. The van der Waals surface area contributed by atoms with E-state index in [0.29, 0.717) is 0 Å². The molecular formula is C6H10O13S2. The van der Waals surface area contributed by atoms with E-state index in [1.54, 1.807) is 0 Å². The first-order valence-electron chi connectivity index (χ1n) is 4.64. The van der Waals surface area contributed by atoms with Crippen molar-refractivity contribution >= 4 is 33.1 Å². The molecule has 0 amide bonds. The van der Waals surface area contributed by atoms with E-state index in [4.69, 9.17) is 19.9 Å². The first-order chi connectivity index (χ1) is 9.30. The number of carboxylic acids is 1. The molecule has 0 aliphatic heterocycles. The fourth-order valence-electron chi connectivity index (χ4n) is 0.945. The fraction of sp³-hybridized carbons (Fsp3) is 0.667. The van der Waals surface area contributed by atoms with Crippen LogP contribution in [0.4, 0.5) is 0 Å². The number of aliphatic hydroxyl groups is 3. The van der Waals surface area contributed by atoms with Crippen LogP contribution in [0.5, 0.6) is 0 Å². The number of hydrogen-bond acceptors (Lipinski definition) is 11. The Balaban J connectivity index is 5.10. The number of hydrogen-bond donors (Lipinski definition) is 5. The number of aliphatic carboxylic acids is 1.